The summed E-state index contributed by atoms with van der Waals surface area (Å²) in [5.74, 6) is -0.771. The maximum absolute atomic E-state index is 13.7. The molecule has 44 heavy (non-hydrogen) atoms. The largest absolute Gasteiger partial charge is 0.455 e. The van der Waals surface area contributed by atoms with Gasteiger partial charge >= 0.3 is 0 Å². The third-order valence-electron chi connectivity index (χ3n) is 7.25. The Hall–Kier alpha value is -5.40. The van der Waals surface area contributed by atoms with Gasteiger partial charge in [0.15, 0.2) is 0 Å². The minimum Gasteiger partial charge on any atom is -0.455 e. The molecule has 0 bridgehead atoms. The summed E-state index contributed by atoms with van der Waals surface area (Å²) in [6, 6.07) is 21.3. The molecule has 4 aromatic carbocycles. The second kappa shape index (κ2) is 11.7. The van der Waals surface area contributed by atoms with E-state index in [-0.39, 0.29) is 33.5 Å². The van der Waals surface area contributed by atoms with Crippen LogP contribution in [-0.2, 0) is 10.9 Å². The molecule has 0 spiro atoms. The zero-order valence-electron chi connectivity index (χ0n) is 23.0. The molecule has 0 saturated heterocycles. The van der Waals surface area contributed by atoms with E-state index in [0.29, 0.717) is 27.6 Å². The number of anilines is 1. The lowest BCUT2D eigenvalue weighted by Gasteiger charge is -2.16. The van der Waals surface area contributed by atoms with Crippen LogP contribution < -0.4 is 15.6 Å². The molecule has 0 radical (unpaired) electrons. The normalized spacial score (nSPS) is 12.1. The van der Waals surface area contributed by atoms with Crippen LogP contribution in [0, 0.1) is 5.82 Å². The topological polar surface area (TPSA) is 156 Å². The highest BCUT2D eigenvalue weighted by atomic mass is 32.2. The molecule has 0 fully saturated rings. The van der Waals surface area contributed by atoms with Gasteiger partial charge in [-0.05, 0) is 53.6 Å². The zero-order valence-corrected chi connectivity index (χ0v) is 23.9. The molecular formula is C31H24FN5O6S. The van der Waals surface area contributed by atoms with Crippen molar-refractivity contribution in [3.05, 3.63) is 112 Å². The summed E-state index contributed by atoms with van der Waals surface area (Å²) in [7, 11) is -1.66. The minimum atomic E-state index is -3.11. The molecule has 1 atom stereocenters. The van der Waals surface area contributed by atoms with E-state index in [0.717, 1.165) is 4.68 Å². The molecule has 13 heteroatoms. The number of aromatic nitrogens is 3. The summed E-state index contributed by atoms with van der Waals surface area (Å²) in [6.07, 6.45) is 0. The molecule has 3 N–H and O–H groups in total. The SMILES string of the molecule is CNC(=O)c1c(-c2ccc(F)cc2)oc2cc(N[SH](=O)=O)c(-c3ccc4nnn(C(CO)c5ccccc5)c(=O)c4c3)cc12. The van der Waals surface area contributed by atoms with E-state index in [2.05, 4.69) is 20.4 Å². The first-order valence-corrected chi connectivity index (χ1v) is 14.5. The van der Waals surface area contributed by atoms with E-state index >= 15 is 0 Å². The maximum Gasteiger partial charge on any atom is 0.278 e. The van der Waals surface area contributed by atoms with Crippen LogP contribution in [0.2, 0.25) is 0 Å². The number of carbonyl (C=O) groups is 1. The summed E-state index contributed by atoms with van der Waals surface area (Å²) >= 11 is 0. The Balaban J connectivity index is 1.57. The number of carbonyl (C=O) groups excluding carboxylic acids is 1. The maximum atomic E-state index is 13.7. The van der Waals surface area contributed by atoms with E-state index in [1.54, 1.807) is 48.5 Å². The molecule has 0 aliphatic heterocycles. The second-order valence-corrected chi connectivity index (χ2v) is 10.6. The number of hydrogen-bond donors (Lipinski definition) is 4. The number of furan rings is 1. The number of amides is 1. The van der Waals surface area contributed by atoms with Gasteiger partial charge in [0, 0.05) is 29.6 Å². The fraction of sp³-hybridized carbons (Fsp3) is 0.0968. The summed E-state index contributed by atoms with van der Waals surface area (Å²) in [6.45, 7) is -0.399. The Morgan fingerprint density at radius 1 is 1.00 bits per heavy atom. The molecule has 0 aliphatic carbocycles. The zero-order chi connectivity index (χ0) is 31.0. The summed E-state index contributed by atoms with van der Waals surface area (Å²) in [4.78, 5) is 26.8. The molecule has 11 nitrogen and oxygen atoms in total. The number of aliphatic hydroxyl groups excluding tert-OH is 1. The lowest BCUT2D eigenvalue weighted by Crippen LogP contribution is -2.31. The Bertz CT molecular complexity index is 2170. The van der Waals surface area contributed by atoms with Gasteiger partial charge < -0.3 is 14.8 Å². The molecule has 2 aromatic heterocycles. The van der Waals surface area contributed by atoms with Gasteiger partial charge in [-0.25, -0.2) is 17.5 Å². The van der Waals surface area contributed by atoms with Crippen LogP contribution in [0.3, 0.4) is 0 Å². The third kappa shape index (κ3) is 5.18. The van der Waals surface area contributed by atoms with E-state index in [4.69, 9.17) is 4.42 Å². The number of benzene rings is 4. The summed E-state index contributed by atoms with van der Waals surface area (Å²) in [5, 5.41) is 21.5. The highest BCUT2D eigenvalue weighted by molar-refractivity contribution is 7.73. The van der Waals surface area contributed by atoms with E-state index in [1.165, 1.54) is 37.4 Å². The highest BCUT2D eigenvalue weighted by Gasteiger charge is 2.24. The van der Waals surface area contributed by atoms with Crippen molar-refractivity contribution in [1.29, 1.82) is 0 Å². The summed E-state index contributed by atoms with van der Waals surface area (Å²) in [5.41, 5.74) is 2.16. The van der Waals surface area contributed by atoms with Crippen molar-refractivity contribution in [3.8, 4) is 22.5 Å². The highest BCUT2D eigenvalue weighted by Crippen LogP contribution is 2.40. The van der Waals surface area contributed by atoms with Gasteiger partial charge in [0.25, 0.3) is 11.5 Å². The third-order valence-corrected chi connectivity index (χ3v) is 7.67. The number of thiol groups is 1. The average Bonchev–Trinajstić information content (AvgIpc) is 3.40. The number of fused-ring (bicyclic) bond motifs is 2. The molecular weight excluding hydrogens is 589 g/mol. The Morgan fingerprint density at radius 2 is 1.73 bits per heavy atom. The van der Waals surface area contributed by atoms with Crippen molar-refractivity contribution in [2.45, 2.75) is 6.04 Å². The van der Waals surface area contributed by atoms with Crippen LogP contribution >= 0.6 is 0 Å². The van der Waals surface area contributed by atoms with Crippen LogP contribution in [0.5, 0.6) is 0 Å². The van der Waals surface area contributed by atoms with Gasteiger partial charge in [0.1, 0.15) is 28.7 Å². The predicted molar refractivity (Wildman–Crippen MR) is 163 cm³/mol. The number of rotatable bonds is 8. The van der Waals surface area contributed by atoms with Crippen molar-refractivity contribution in [2.24, 2.45) is 0 Å². The van der Waals surface area contributed by atoms with Gasteiger partial charge in [0.2, 0.25) is 10.9 Å². The Morgan fingerprint density at radius 3 is 2.41 bits per heavy atom. The lowest BCUT2D eigenvalue weighted by molar-refractivity contribution is 0.0964. The van der Waals surface area contributed by atoms with Crippen LogP contribution in [0.4, 0.5) is 10.1 Å². The monoisotopic (exact) mass is 613 g/mol. The standard InChI is InChI=1S/C31H24FN5O6S/c1-33-30(39)28-23-14-21(25(35-44(41)42)15-27(23)43-29(28)18-7-10-20(32)11-8-18)19-9-12-24-22(13-19)31(40)37(36-34-24)26(16-38)17-5-3-2-4-6-17/h2-15,26,38,44H,16H2,1H3,(H,33,39)(H,35,41,42). The van der Waals surface area contributed by atoms with Crippen LogP contribution in [0.25, 0.3) is 44.3 Å². The van der Waals surface area contributed by atoms with Crippen LogP contribution in [0.1, 0.15) is 22.0 Å². The fourth-order valence-corrected chi connectivity index (χ4v) is 5.53. The fourth-order valence-electron chi connectivity index (χ4n) is 5.15. The quantitative estimate of drug-likeness (QED) is 0.189. The van der Waals surface area contributed by atoms with E-state index in [9.17, 15) is 27.5 Å². The minimum absolute atomic E-state index is 0.135. The molecule has 2 heterocycles. The Labute approximate surface area is 250 Å². The molecule has 0 saturated carbocycles. The van der Waals surface area contributed by atoms with Crippen LogP contribution in [0.15, 0.2) is 94.1 Å². The average molecular weight is 614 g/mol. The van der Waals surface area contributed by atoms with E-state index < -0.39 is 40.8 Å². The first-order chi connectivity index (χ1) is 21.3. The molecule has 6 aromatic rings. The predicted octanol–water partition coefficient (Wildman–Crippen LogP) is 3.89. The first-order valence-electron chi connectivity index (χ1n) is 13.3. The molecule has 1 unspecified atom stereocenters. The number of nitrogens with zero attached hydrogens (tertiary/aromatic N) is 3. The summed E-state index contributed by atoms with van der Waals surface area (Å²) < 4.78 is 46.8. The second-order valence-electron chi connectivity index (χ2n) is 9.84. The smallest absolute Gasteiger partial charge is 0.278 e. The number of aliphatic hydroxyl groups is 1. The van der Waals surface area contributed by atoms with Crippen LogP contribution in [-0.4, -0.2) is 48.1 Å². The van der Waals surface area contributed by atoms with Crippen molar-refractivity contribution in [1.82, 2.24) is 20.3 Å². The Kier molecular flexibility index (Phi) is 7.64. The number of halogens is 1. The van der Waals surface area contributed by atoms with Crippen molar-refractivity contribution >= 4 is 44.4 Å². The number of nitrogens with one attached hydrogen (secondary N) is 2. The van der Waals surface area contributed by atoms with Crippen molar-refractivity contribution in [2.75, 3.05) is 18.4 Å². The first kappa shape index (κ1) is 28.7. The molecule has 222 valence electrons. The van der Waals surface area contributed by atoms with Gasteiger partial charge in [-0.3, -0.25) is 14.3 Å². The molecule has 0 aliphatic rings. The lowest BCUT2D eigenvalue weighted by atomic mass is 9.98. The van der Waals surface area contributed by atoms with E-state index in [1.807, 2.05) is 6.07 Å². The van der Waals surface area contributed by atoms with Crippen molar-refractivity contribution in [3.63, 3.8) is 0 Å². The van der Waals surface area contributed by atoms with Gasteiger partial charge in [0.05, 0.1) is 23.2 Å². The van der Waals surface area contributed by atoms with Gasteiger partial charge in [-0.2, -0.15) is 0 Å². The molecule has 6 rings (SSSR count). The molecule has 1 amide bonds. The van der Waals surface area contributed by atoms with Crippen molar-refractivity contribution < 1.29 is 27.1 Å². The van der Waals surface area contributed by atoms with Gasteiger partial charge in [-0.15, -0.1) is 5.10 Å². The van der Waals surface area contributed by atoms with Gasteiger partial charge in [-0.1, -0.05) is 41.6 Å². The number of hydrogen-bond acceptors (Lipinski definition) is 8.